The van der Waals surface area contributed by atoms with Crippen LogP contribution in [0, 0.1) is 0 Å². The van der Waals surface area contributed by atoms with Crippen LogP contribution < -0.4 is 0 Å². The molecule has 1 rings (SSSR count). The van der Waals surface area contributed by atoms with E-state index in [1.807, 2.05) is 6.08 Å². The third-order valence-corrected chi connectivity index (χ3v) is 3.99. The summed E-state index contributed by atoms with van der Waals surface area (Å²) in [5, 5.41) is 9.35. The minimum Gasteiger partial charge on any atom is -0.391 e. The highest BCUT2D eigenvalue weighted by Gasteiger charge is 2.22. The number of hydrogen-bond donors (Lipinski definition) is 1. The van der Waals surface area contributed by atoms with Gasteiger partial charge < -0.3 is 9.84 Å². The van der Waals surface area contributed by atoms with Gasteiger partial charge in [0, 0.05) is 6.42 Å². The molecule has 0 unspecified atom stereocenters. The van der Waals surface area contributed by atoms with E-state index in [-0.39, 0.29) is 6.10 Å². The number of hydrogen-bond acceptors (Lipinski definition) is 2. The van der Waals surface area contributed by atoms with E-state index in [9.17, 15) is 5.11 Å². The van der Waals surface area contributed by atoms with Crippen molar-refractivity contribution in [3.63, 3.8) is 0 Å². The molecule has 1 heterocycles. The molecule has 0 saturated carbocycles. The fraction of sp³-hybridized carbons (Fsp3) is 0.882. The van der Waals surface area contributed by atoms with Gasteiger partial charge in [0.25, 0.3) is 0 Å². The molecule has 0 aliphatic carbocycles. The summed E-state index contributed by atoms with van der Waals surface area (Å²) >= 11 is 0. The second kappa shape index (κ2) is 11.5. The zero-order valence-corrected chi connectivity index (χ0v) is 12.5. The Morgan fingerprint density at radius 2 is 1.53 bits per heavy atom. The van der Waals surface area contributed by atoms with Crippen molar-refractivity contribution >= 4 is 0 Å². The topological polar surface area (TPSA) is 29.5 Å². The highest BCUT2D eigenvalue weighted by molar-refractivity contribution is 4.72. The summed E-state index contributed by atoms with van der Waals surface area (Å²) in [5.41, 5.74) is 0. The Balaban J connectivity index is 1.73. The molecular formula is C17H32O2. The summed E-state index contributed by atoms with van der Waals surface area (Å²) in [6.45, 7) is 4.30. The van der Waals surface area contributed by atoms with Gasteiger partial charge in [-0.05, 0) is 19.3 Å². The second-order valence-electron chi connectivity index (χ2n) is 5.89. The molecule has 1 aliphatic rings. The van der Waals surface area contributed by atoms with Gasteiger partial charge >= 0.3 is 0 Å². The van der Waals surface area contributed by atoms with Crippen LogP contribution in [0.5, 0.6) is 0 Å². The molecule has 0 aromatic heterocycles. The number of aliphatic hydroxyl groups excluding tert-OH is 1. The Morgan fingerprint density at radius 1 is 0.947 bits per heavy atom. The summed E-state index contributed by atoms with van der Waals surface area (Å²) in [6.07, 6.45) is 17.5. The van der Waals surface area contributed by atoms with E-state index in [0.29, 0.717) is 12.7 Å². The third-order valence-electron chi connectivity index (χ3n) is 3.99. The maximum Gasteiger partial charge on any atom is 0.0798 e. The van der Waals surface area contributed by atoms with Crippen molar-refractivity contribution in [2.24, 2.45) is 0 Å². The molecule has 0 aromatic rings. The van der Waals surface area contributed by atoms with Gasteiger partial charge in [0.1, 0.15) is 0 Å². The molecule has 2 atom stereocenters. The molecule has 19 heavy (non-hydrogen) atoms. The average Bonchev–Trinajstić information content (AvgIpc) is 2.82. The van der Waals surface area contributed by atoms with Crippen molar-refractivity contribution in [2.75, 3.05) is 6.61 Å². The summed E-state index contributed by atoms with van der Waals surface area (Å²) < 4.78 is 5.50. The van der Waals surface area contributed by atoms with E-state index in [0.717, 1.165) is 12.8 Å². The van der Waals surface area contributed by atoms with Crippen molar-refractivity contribution in [3.05, 3.63) is 12.7 Å². The molecule has 112 valence electrons. The maximum atomic E-state index is 9.35. The van der Waals surface area contributed by atoms with E-state index in [1.54, 1.807) is 0 Å². The van der Waals surface area contributed by atoms with Crippen LogP contribution in [0.4, 0.5) is 0 Å². The molecule has 1 saturated heterocycles. The van der Waals surface area contributed by atoms with E-state index in [2.05, 4.69) is 6.58 Å². The lowest BCUT2D eigenvalue weighted by atomic mass is 10.0. The Bertz CT molecular complexity index is 215. The van der Waals surface area contributed by atoms with Gasteiger partial charge in [-0.1, -0.05) is 57.4 Å². The van der Waals surface area contributed by atoms with Crippen LogP contribution in [-0.2, 0) is 4.74 Å². The summed E-state index contributed by atoms with van der Waals surface area (Å²) in [6, 6.07) is 0. The van der Waals surface area contributed by atoms with Crippen molar-refractivity contribution in [1.29, 1.82) is 0 Å². The predicted octanol–water partition coefficient (Wildman–Crippen LogP) is 4.61. The molecule has 0 aromatic carbocycles. The van der Waals surface area contributed by atoms with Crippen molar-refractivity contribution in [3.8, 4) is 0 Å². The standard InChI is InChI=1S/C17H32O2/c1-2-3-4-5-6-7-8-9-10-11-12-13-17-14-16(18)15-19-17/h2,16-18H,1,3-15H2/t16-,17-/m0/s1. The van der Waals surface area contributed by atoms with Crippen molar-refractivity contribution < 1.29 is 9.84 Å². The van der Waals surface area contributed by atoms with Gasteiger partial charge in [0.2, 0.25) is 0 Å². The van der Waals surface area contributed by atoms with Gasteiger partial charge in [-0.3, -0.25) is 0 Å². The molecule has 1 aliphatic heterocycles. The molecule has 2 nitrogen and oxygen atoms in total. The number of rotatable bonds is 12. The van der Waals surface area contributed by atoms with Crippen LogP contribution in [0.1, 0.15) is 77.0 Å². The number of ether oxygens (including phenoxy) is 1. The largest absolute Gasteiger partial charge is 0.391 e. The van der Waals surface area contributed by atoms with E-state index in [1.165, 1.54) is 64.2 Å². The van der Waals surface area contributed by atoms with E-state index < -0.39 is 0 Å². The summed E-state index contributed by atoms with van der Waals surface area (Å²) in [5.74, 6) is 0. The lowest BCUT2D eigenvalue weighted by Crippen LogP contribution is -2.06. The molecule has 2 heteroatoms. The Morgan fingerprint density at radius 3 is 2.05 bits per heavy atom. The molecule has 0 amide bonds. The number of aliphatic hydroxyl groups is 1. The van der Waals surface area contributed by atoms with Crippen molar-refractivity contribution in [1.82, 2.24) is 0 Å². The molecular weight excluding hydrogens is 236 g/mol. The lowest BCUT2D eigenvalue weighted by Gasteiger charge is -2.08. The molecule has 0 spiro atoms. The first-order valence-corrected chi connectivity index (χ1v) is 8.23. The van der Waals surface area contributed by atoms with Gasteiger partial charge in [-0.2, -0.15) is 0 Å². The highest BCUT2D eigenvalue weighted by Crippen LogP contribution is 2.19. The van der Waals surface area contributed by atoms with Gasteiger partial charge in [0.05, 0.1) is 18.8 Å². The van der Waals surface area contributed by atoms with Crippen LogP contribution in [0.25, 0.3) is 0 Å². The minimum absolute atomic E-state index is 0.203. The van der Waals surface area contributed by atoms with E-state index in [4.69, 9.17) is 4.74 Å². The maximum absolute atomic E-state index is 9.35. The monoisotopic (exact) mass is 268 g/mol. The smallest absolute Gasteiger partial charge is 0.0798 e. The normalized spacial score (nSPS) is 22.8. The van der Waals surface area contributed by atoms with Gasteiger partial charge in [-0.25, -0.2) is 0 Å². The van der Waals surface area contributed by atoms with Gasteiger partial charge in [-0.15, -0.1) is 6.58 Å². The average molecular weight is 268 g/mol. The fourth-order valence-corrected chi connectivity index (χ4v) is 2.79. The fourth-order valence-electron chi connectivity index (χ4n) is 2.79. The quantitative estimate of drug-likeness (QED) is 0.413. The lowest BCUT2D eigenvalue weighted by molar-refractivity contribution is 0.0829. The Labute approximate surface area is 119 Å². The Kier molecular flexibility index (Phi) is 10.1. The zero-order valence-electron chi connectivity index (χ0n) is 12.5. The highest BCUT2D eigenvalue weighted by atomic mass is 16.5. The molecule has 0 bridgehead atoms. The number of unbranched alkanes of at least 4 members (excludes halogenated alkanes) is 9. The predicted molar refractivity (Wildman–Crippen MR) is 81.3 cm³/mol. The first-order valence-electron chi connectivity index (χ1n) is 8.23. The molecule has 0 radical (unpaired) electrons. The third kappa shape index (κ3) is 9.23. The number of allylic oxidation sites excluding steroid dienone is 1. The van der Waals surface area contributed by atoms with Gasteiger partial charge in [0.15, 0.2) is 0 Å². The zero-order chi connectivity index (χ0) is 13.8. The van der Waals surface area contributed by atoms with Crippen LogP contribution in [0.3, 0.4) is 0 Å². The van der Waals surface area contributed by atoms with Crippen LogP contribution in [-0.4, -0.2) is 23.9 Å². The summed E-state index contributed by atoms with van der Waals surface area (Å²) in [7, 11) is 0. The van der Waals surface area contributed by atoms with Crippen molar-refractivity contribution in [2.45, 2.75) is 89.3 Å². The SMILES string of the molecule is C=CCCCCCCCCCCC[C@H]1C[C@H](O)CO1. The van der Waals surface area contributed by atoms with Crippen LogP contribution in [0.15, 0.2) is 12.7 Å². The second-order valence-corrected chi connectivity index (χ2v) is 5.89. The van der Waals surface area contributed by atoms with Crippen LogP contribution >= 0.6 is 0 Å². The van der Waals surface area contributed by atoms with Crippen LogP contribution in [0.2, 0.25) is 0 Å². The minimum atomic E-state index is -0.203. The Hall–Kier alpha value is -0.340. The van der Waals surface area contributed by atoms with E-state index >= 15 is 0 Å². The molecule has 1 fully saturated rings. The first kappa shape index (κ1) is 16.7. The molecule has 1 N–H and O–H groups in total. The summed E-state index contributed by atoms with van der Waals surface area (Å²) in [4.78, 5) is 0. The first-order chi connectivity index (χ1) is 9.33.